The van der Waals surface area contributed by atoms with Crippen molar-refractivity contribution in [2.24, 2.45) is 0 Å². The zero-order valence-electron chi connectivity index (χ0n) is 11.0. The van der Waals surface area contributed by atoms with Gasteiger partial charge in [0, 0.05) is 11.1 Å². The number of hydrogen-bond donors (Lipinski definition) is 1. The van der Waals surface area contributed by atoms with Crippen LogP contribution < -0.4 is 4.74 Å². The second-order valence-corrected chi connectivity index (χ2v) is 4.86. The molecule has 5 heteroatoms. The van der Waals surface area contributed by atoms with Gasteiger partial charge in [0.1, 0.15) is 4.64 Å². The molecule has 2 aromatic rings. The Morgan fingerprint density at radius 1 is 1.37 bits per heavy atom. The summed E-state index contributed by atoms with van der Waals surface area (Å²) in [7, 11) is 1.44. The van der Waals surface area contributed by atoms with Crippen molar-refractivity contribution >= 4 is 12.2 Å². The Hall–Kier alpha value is -1.75. The molecule has 19 heavy (non-hydrogen) atoms. The summed E-state index contributed by atoms with van der Waals surface area (Å²) < 4.78 is 19.8. The highest BCUT2D eigenvalue weighted by Gasteiger charge is 2.17. The fourth-order valence-corrected chi connectivity index (χ4v) is 2.42. The maximum atomic E-state index is 14.3. The molecule has 0 aliphatic carbocycles. The highest BCUT2D eigenvalue weighted by molar-refractivity contribution is 7.71. The monoisotopic (exact) mass is 278 g/mol. The van der Waals surface area contributed by atoms with Gasteiger partial charge >= 0.3 is 0 Å². The van der Waals surface area contributed by atoms with E-state index in [1.807, 2.05) is 13.8 Å². The minimum atomic E-state index is -0.399. The number of nitrogens with zero attached hydrogens (tertiary/aromatic N) is 1. The molecular formula is C14H15FN2OS. The Kier molecular flexibility index (Phi) is 3.95. The number of rotatable bonds is 3. The maximum absolute atomic E-state index is 14.3. The summed E-state index contributed by atoms with van der Waals surface area (Å²) in [4.78, 5) is 7.06. The van der Waals surface area contributed by atoms with E-state index in [9.17, 15) is 4.39 Å². The number of methoxy groups -OCH3 is 1. The van der Waals surface area contributed by atoms with E-state index in [1.54, 1.807) is 18.2 Å². The van der Waals surface area contributed by atoms with E-state index in [2.05, 4.69) is 9.97 Å². The van der Waals surface area contributed by atoms with Crippen LogP contribution in [0.1, 0.15) is 25.3 Å². The molecule has 1 aromatic heterocycles. The molecule has 0 bridgehead atoms. The smallest absolute Gasteiger partial charge is 0.174 e. The molecule has 2 rings (SSSR count). The third kappa shape index (κ3) is 2.51. The molecule has 100 valence electrons. The van der Waals surface area contributed by atoms with Crippen molar-refractivity contribution in [2.45, 2.75) is 19.8 Å². The van der Waals surface area contributed by atoms with E-state index < -0.39 is 5.82 Å². The average Bonchev–Trinajstić information content (AvgIpc) is 2.38. The first kappa shape index (κ1) is 13.7. The van der Waals surface area contributed by atoms with E-state index in [4.69, 9.17) is 17.0 Å². The quantitative estimate of drug-likeness (QED) is 0.860. The van der Waals surface area contributed by atoms with Crippen molar-refractivity contribution in [1.29, 1.82) is 0 Å². The van der Waals surface area contributed by atoms with Gasteiger partial charge in [0.05, 0.1) is 19.1 Å². The zero-order chi connectivity index (χ0) is 14.0. The van der Waals surface area contributed by atoms with E-state index >= 15 is 0 Å². The molecule has 0 saturated heterocycles. The number of aromatic nitrogens is 2. The number of nitrogens with one attached hydrogen (secondary N) is 1. The van der Waals surface area contributed by atoms with Gasteiger partial charge in [-0.15, -0.1) is 0 Å². The lowest BCUT2D eigenvalue weighted by Crippen LogP contribution is -2.01. The number of aromatic amines is 1. The number of halogens is 1. The van der Waals surface area contributed by atoms with Crippen LogP contribution >= 0.6 is 12.2 Å². The molecule has 1 heterocycles. The van der Waals surface area contributed by atoms with Crippen molar-refractivity contribution in [3.63, 3.8) is 0 Å². The van der Waals surface area contributed by atoms with Crippen LogP contribution in [-0.4, -0.2) is 17.1 Å². The summed E-state index contributed by atoms with van der Waals surface area (Å²) in [5.41, 5.74) is 1.94. The average molecular weight is 278 g/mol. The highest BCUT2D eigenvalue weighted by atomic mass is 32.1. The molecule has 1 aromatic carbocycles. The second-order valence-electron chi connectivity index (χ2n) is 4.47. The standard InChI is InChI=1S/C14H15FN2OS/c1-8(2)11-13(16-7-17-14(11)19)9-5-4-6-10(18-3)12(9)15/h4-8H,1-3H3,(H,16,17,19). The number of benzene rings is 1. The molecule has 0 aliphatic heterocycles. The molecule has 0 unspecified atom stereocenters. The summed E-state index contributed by atoms with van der Waals surface area (Å²) in [6.45, 7) is 4.00. The molecular weight excluding hydrogens is 263 g/mol. The first-order valence-corrected chi connectivity index (χ1v) is 6.37. The van der Waals surface area contributed by atoms with Crippen LogP contribution in [0.2, 0.25) is 0 Å². The predicted molar refractivity (Wildman–Crippen MR) is 75.5 cm³/mol. The van der Waals surface area contributed by atoms with Crippen LogP contribution in [-0.2, 0) is 0 Å². The lowest BCUT2D eigenvalue weighted by molar-refractivity contribution is 0.387. The number of hydrogen-bond acceptors (Lipinski definition) is 3. The summed E-state index contributed by atoms with van der Waals surface area (Å²) in [6.07, 6.45) is 1.49. The Morgan fingerprint density at radius 2 is 2.11 bits per heavy atom. The van der Waals surface area contributed by atoms with Gasteiger partial charge in [-0.25, -0.2) is 9.37 Å². The number of H-pyrrole nitrogens is 1. The molecule has 0 atom stereocenters. The Balaban J connectivity index is 2.73. The second kappa shape index (κ2) is 5.48. The predicted octanol–water partition coefficient (Wildman–Crippen LogP) is 4.08. The number of ether oxygens (including phenoxy) is 1. The van der Waals surface area contributed by atoms with Crippen LogP contribution in [0, 0.1) is 10.5 Å². The van der Waals surface area contributed by atoms with Crippen molar-refractivity contribution in [1.82, 2.24) is 9.97 Å². The summed E-state index contributed by atoms with van der Waals surface area (Å²) in [6, 6.07) is 5.03. The minimum absolute atomic E-state index is 0.151. The third-order valence-electron chi connectivity index (χ3n) is 2.92. The van der Waals surface area contributed by atoms with Gasteiger partial charge < -0.3 is 9.72 Å². The summed E-state index contributed by atoms with van der Waals surface area (Å²) >= 11 is 5.24. The zero-order valence-corrected chi connectivity index (χ0v) is 11.8. The maximum Gasteiger partial charge on any atom is 0.174 e. The third-order valence-corrected chi connectivity index (χ3v) is 3.25. The van der Waals surface area contributed by atoms with E-state index in [0.717, 1.165) is 5.56 Å². The SMILES string of the molecule is COc1cccc(-c2[nH]cnc(=S)c2C(C)C)c1F. The molecule has 0 radical (unpaired) electrons. The molecule has 0 spiro atoms. The Bertz CT molecular complexity index is 652. The first-order chi connectivity index (χ1) is 9.06. The van der Waals surface area contributed by atoms with Crippen molar-refractivity contribution in [2.75, 3.05) is 7.11 Å². The van der Waals surface area contributed by atoms with E-state index in [0.29, 0.717) is 15.9 Å². The molecule has 0 amide bonds. The van der Waals surface area contributed by atoms with Gasteiger partial charge in [-0.2, -0.15) is 0 Å². The molecule has 0 aliphatic rings. The van der Waals surface area contributed by atoms with Gasteiger partial charge in [-0.05, 0) is 18.1 Å². The van der Waals surface area contributed by atoms with Crippen molar-refractivity contribution in [3.05, 3.63) is 40.5 Å². The fourth-order valence-electron chi connectivity index (χ4n) is 2.03. The highest BCUT2D eigenvalue weighted by Crippen LogP contribution is 2.32. The van der Waals surface area contributed by atoms with Gasteiger partial charge in [0.15, 0.2) is 11.6 Å². The molecule has 3 nitrogen and oxygen atoms in total. The van der Waals surface area contributed by atoms with E-state index in [-0.39, 0.29) is 11.7 Å². The Labute approximate surface area is 116 Å². The molecule has 0 fully saturated rings. The van der Waals surface area contributed by atoms with Crippen LogP contribution in [0.3, 0.4) is 0 Å². The van der Waals surface area contributed by atoms with Gasteiger partial charge in [0.25, 0.3) is 0 Å². The van der Waals surface area contributed by atoms with E-state index in [1.165, 1.54) is 13.4 Å². The van der Waals surface area contributed by atoms with Crippen LogP contribution in [0.25, 0.3) is 11.3 Å². The molecule has 0 saturated carbocycles. The van der Waals surface area contributed by atoms with Crippen molar-refractivity contribution in [3.8, 4) is 17.0 Å². The van der Waals surface area contributed by atoms with Gasteiger partial charge in [-0.1, -0.05) is 32.1 Å². The fraction of sp³-hybridized carbons (Fsp3) is 0.286. The van der Waals surface area contributed by atoms with Gasteiger partial charge in [-0.3, -0.25) is 0 Å². The summed E-state index contributed by atoms with van der Waals surface area (Å²) in [5.74, 6) is -0.0369. The topological polar surface area (TPSA) is 37.9 Å². The first-order valence-electron chi connectivity index (χ1n) is 5.96. The minimum Gasteiger partial charge on any atom is -0.494 e. The van der Waals surface area contributed by atoms with Crippen LogP contribution in [0.5, 0.6) is 5.75 Å². The van der Waals surface area contributed by atoms with Crippen molar-refractivity contribution < 1.29 is 9.13 Å². The largest absolute Gasteiger partial charge is 0.494 e. The van der Waals surface area contributed by atoms with Crippen LogP contribution in [0.15, 0.2) is 24.5 Å². The normalized spacial score (nSPS) is 10.8. The lowest BCUT2D eigenvalue weighted by Gasteiger charge is -2.14. The molecule has 1 N–H and O–H groups in total. The van der Waals surface area contributed by atoms with Gasteiger partial charge in [0.2, 0.25) is 0 Å². The lowest BCUT2D eigenvalue weighted by atomic mass is 9.98. The van der Waals surface area contributed by atoms with Crippen LogP contribution in [0.4, 0.5) is 4.39 Å². The summed E-state index contributed by atoms with van der Waals surface area (Å²) in [5, 5.41) is 0. The Morgan fingerprint density at radius 3 is 2.74 bits per heavy atom.